The summed E-state index contributed by atoms with van der Waals surface area (Å²) in [5, 5.41) is 11.6. The number of aromatic carboxylic acids is 1. The zero-order valence-corrected chi connectivity index (χ0v) is 12.1. The monoisotopic (exact) mass is 296 g/mol. The number of rotatable bonds is 3. The molecule has 0 unspecified atom stereocenters. The lowest BCUT2D eigenvalue weighted by Gasteiger charge is -2.37. The molecule has 1 aliphatic heterocycles. The first-order chi connectivity index (χ1) is 9.41. The topological polar surface area (TPSA) is 86.7 Å². The molecule has 6 nitrogen and oxygen atoms in total. The van der Waals surface area contributed by atoms with E-state index in [9.17, 15) is 14.4 Å². The first kappa shape index (κ1) is 14.5. The van der Waals surface area contributed by atoms with Gasteiger partial charge in [-0.3, -0.25) is 9.59 Å². The molecule has 2 heterocycles. The van der Waals surface area contributed by atoms with Crippen LogP contribution in [0.2, 0.25) is 0 Å². The van der Waals surface area contributed by atoms with E-state index >= 15 is 0 Å². The van der Waals surface area contributed by atoms with E-state index in [1.165, 1.54) is 17.0 Å². The first-order valence-electron chi connectivity index (χ1n) is 6.33. The molecule has 0 aromatic carbocycles. The molecule has 2 amide bonds. The molecule has 0 bridgehead atoms. The number of nitrogens with one attached hydrogen (secondary N) is 1. The summed E-state index contributed by atoms with van der Waals surface area (Å²) in [5.74, 6) is -1.49. The lowest BCUT2D eigenvalue weighted by atomic mass is 9.99. The van der Waals surface area contributed by atoms with Crippen LogP contribution in [0, 0.1) is 5.92 Å². The minimum Gasteiger partial charge on any atom is -0.477 e. The molecule has 1 atom stereocenters. The fourth-order valence-electron chi connectivity index (χ4n) is 2.28. The number of thiophene rings is 1. The number of nitrogens with zero attached hydrogens (tertiary/aromatic N) is 1. The SMILES string of the molecule is CC(C)[C@H]1C(=O)NCCN1C(=O)c1ccc(C(=O)O)s1. The highest BCUT2D eigenvalue weighted by atomic mass is 32.1. The highest BCUT2D eigenvalue weighted by Gasteiger charge is 2.36. The minimum absolute atomic E-state index is 0.00171. The van der Waals surface area contributed by atoms with Crippen molar-refractivity contribution in [3.63, 3.8) is 0 Å². The average molecular weight is 296 g/mol. The molecule has 20 heavy (non-hydrogen) atoms. The third-order valence-electron chi connectivity index (χ3n) is 3.18. The maximum absolute atomic E-state index is 12.5. The van der Waals surface area contributed by atoms with Gasteiger partial charge in [-0.25, -0.2) is 4.79 Å². The first-order valence-corrected chi connectivity index (χ1v) is 7.15. The van der Waals surface area contributed by atoms with Gasteiger partial charge in [0.05, 0.1) is 4.88 Å². The van der Waals surface area contributed by atoms with Crippen molar-refractivity contribution in [1.29, 1.82) is 0 Å². The largest absolute Gasteiger partial charge is 0.477 e. The second-order valence-corrected chi connectivity index (χ2v) is 6.03. The Labute approximate surface area is 120 Å². The molecular formula is C13H16N2O4S. The summed E-state index contributed by atoms with van der Waals surface area (Å²) < 4.78 is 0. The molecule has 0 spiro atoms. The van der Waals surface area contributed by atoms with E-state index in [2.05, 4.69) is 5.32 Å². The number of carbonyl (C=O) groups is 3. The number of carbonyl (C=O) groups excluding carboxylic acids is 2. The molecule has 7 heteroatoms. The van der Waals surface area contributed by atoms with Crippen molar-refractivity contribution < 1.29 is 19.5 Å². The molecule has 1 saturated heterocycles. The summed E-state index contributed by atoms with van der Waals surface area (Å²) in [6.07, 6.45) is 0. The summed E-state index contributed by atoms with van der Waals surface area (Å²) >= 11 is 0.935. The number of amides is 2. The normalized spacial score (nSPS) is 19.1. The Morgan fingerprint density at radius 3 is 2.60 bits per heavy atom. The molecule has 1 aromatic rings. The second kappa shape index (κ2) is 5.62. The molecule has 1 aliphatic rings. The number of hydrogen-bond donors (Lipinski definition) is 2. The second-order valence-electron chi connectivity index (χ2n) is 4.95. The highest BCUT2D eigenvalue weighted by Crippen LogP contribution is 2.22. The lowest BCUT2D eigenvalue weighted by molar-refractivity contribution is -0.129. The van der Waals surface area contributed by atoms with Gasteiger partial charge in [0.25, 0.3) is 5.91 Å². The van der Waals surface area contributed by atoms with Crippen molar-refractivity contribution in [3.8, 4) is 0 Å². The molecule has 0 saturated carbocycles. The number of piperazine rings is 1. The van der Waals surface area contributed by atoms with Crippen LogP contribution in [-0.2, 0) is 4.79 Å². The van der Waals surface area contributed by atoms with Gasteiger partial charge < -0.3 is 15.3 Å². The smallest absolute Gasteiger partial charge is 0.345 e. The summed E-state index contributed by atoms with van der Waals surface area (Å²) in [6, 6.07) is 2.40. The van der Waals surface area contributed by atoms with Crippen molar-refractivity contribution in [2.75, 3.05) is 13.1 Å². The zero-order valence-electron chi connectivity index (χ0n) is 11.3. The fourth-order valence-corrected chi connectivity index (χ4v) is 3.09. The molecule has 0 radical (unpaired) electrons. The lowest BCUT2D eigenvalue weighted by Crippen LogP contribution is -2.59. The van der Waals surface area contributed by atoms with Gasteiger partial charge in [-0.15, -0.1) is 11.3 Å². The van der Waals surface area contributed by atoms with E-state index in [-0.39, 0.29) is 22.6 Å². The summed E-state index contributed by atoms with van der Waals surface area (Å²) in [7, 11) is 0. The van der Waals surface area contributed by atoms with E-state index in [1.807, 2.05) is 13.8 Å². The Kier molecular flexibility index (Phi) is 4.08. The van der Waals surface area contributed by atoms with Gasteiger partial charge in [0.15, 0.2) is 0 Å². The maximum atomic E-state index is 12.5. The fraction of sp³-hybridized carbons (Fsp3) is 0.462. The van der Waals surface area contributed by atoms with Gasteiger partial charge >= 0.3 is 5.97 Å². The maximum Gasteiger partial charge on any atom is 0.345 e. The Bertz CT molecular complexity index is 552. The standard InChI is InChI=1S/C13H16N2O4S/c1-7(2)10-11(16)14-5-6-15(10)12(17)8-3-4-9(20-8)13(18)19/h3-4,7,10H,5-6H2,1-2H3,(H,14,16)(H,18,19)/t10-/m0/s1. The summed E-state index contributed by atoms with van der Waals surface area (Å²) in [4.78, 5) is 37.2. The predicted molar refractivity (Wildman–Crippen MR) is 74.0 cm³/mol. The van der Waals surface area contributed by atoms with Crippen LogP contribution < -0.4 is 5.32 Å². The quantitative estimate of drug-likeness (QED) is 0.872. The molecule has 0 aliphatic carbocycles. The average Bonchev–Trinajstić information content (AvgIpc) is 2.86. The molecule has 2 N–H and O–H groups in total. The van der Waals surface area contributed by atoms with Crippen molar-refractivity contribution in [2.24, 2.45) is 5.92 Å². The van der Waals surface area contributed by atoms with Crippen LogP contribution in [0.5, 0.6) is 0 Å². The zero-order chi connectivity index (χ0) is 14.9. The number of carboxylic acid groups (broad SMARTS) is 1. The van der Waals surface area contributed by atoms with Crippen molar-refractivity contribution in [1.82, 2.24) is 10.2 Å². The van der Waals surface area contributed by atoms with E-state index < -0.39 is 12.0 Å². The van der Waals surface area contributed by atoms with Crippen molar-refractivity contribution in [3.05, 3.63) is 21.9 Å². The molecule has 1 aromatic heterocycles. The highest BCUT2D eigenvalue weighted by molar-refractivity contribution is 7.15. The van der Waals surface area contributed by atoms with Crippen molar-refractivity contribution >= 4 is 29.1 Å². The Morgan fingerprint density at radius 1 is 1.40 bits per heavy atom. The van der Waals surface area contributed by atoms with E-state index in [4.69, 9.17) is 5.11 Å². The Balaban J connectivity index is 2.25. The number of hydrogen-bond acceptors (Lipinski definition) is 4. The number of carboxylic acids is 1. The van der Waals surface area contributed by atoms with Crippen LogP contribution in [0.3, 0.4) is 0 Å². The van der Waals surface area contributed by atoms with Crippen molar-refractivity contribution in [2.45, 2.75) is 19.9 Å². The van der Waals surface area contributed by atoms with Crippen LogP contribution in [0.4, 0.5) is 0 Å². The summed E-state index contributed by atoms with van der Waals surface area (Å²) in [6.45, 7) is 4.62. The van der Waals surface area contributed by atoms with Gasteiger partial charge in [0.2, 0.25) is 5.91 Å². The minimum atomic E-state index is -1.05. The molecule has 108 valence electrons. The molecule has 1 fully saturated rings. The van der Waals surface area contributed by atoms with Crippen LogP contribution in [0.25, 0.3) is 0 Å². The van der Waals surface area contributed by atoms with Gasteiger partial charge in [0, 0.05) is 13.1 Å². The van der Waals surface area contributed by atoms with Crippen LogP contribution in [-0.4, -0.2) is 46.9 Å². The molecular weight excluding hydrogens is 280 g/mol. The van der Waals surface area contributed by atoms with Crippen LogP contribution in [0.15, 0.2) is 12.1 Å². The Morgan fingerprint density at radius 2 is 2.05 bits per heavy atom. The predicted octanol–water partition coefficient (Wildman–Crippen LogP) is 1.04. The van der Waals surface area contributed by atoms with E-state index in [0.717, 1.165) is 11.3 Å². The van der Waals surface area contributed by atoms with Gasteiger partial charge in [-0.2, -0.15) is 0 Å². The van der Waals surface area contributed by atoms with Gasteiger partial charge in [-0.1, -0.05) is 13.8 Å². The van der Waals surface area contributed by atoms with Gasteiger partial charge in [0.1, 0.15) is 10.9 Å². The summed E-state index contributed by atoms with van der Waals surface area (Å²) in [5.41, 5.74) is 0. The van der Waals surface area contributed by atoms with Crippen LogP contribution >= 0.6 is 11.3 Å². The van der Waals surface area contributed by atoms with Crippen LogP contribution in [0.1, 0.15) is 33.2 Å². The third-order valence-corrected chi connectivity index (χ3v) is 4.24. The molecule has 2 rings (SSSR count). The van der Waals surface area contributed by atoms with Gasteiger partial charge in [-0.05, 0) is 18.1 Å². The Hall–Kier alpha value is -1.89. The van der Waals surface area contributed by atoms with E-state index in [1.54, 1.807) is 0 Å². The third kappa shape index (κ3) is 2.67. The van der Waals surface area contributed by atoms with E-state index in [0.29, 0.717) is 18.0 Å².